The van der Waals surface area contributed by atoms with E-state index in [2.05, 4.69) is 22.0 Å². The summed E-state index contributed by atoms with van der Waals surface area (Å²) in [7, 11) is 0. The third kappa shape index (κ3) is 3.72. The average Bonchev–Trinajstić information content (AvgIpc) is 2.63. The van der Waals surface area contributed by atoms with Crippen LogP contribution in [0.2, 0.25) is 0 Å². The van der Waals surface area contributed by atoms with Gasteiger partial charge < -0.3 is 9.84 Å². The first-order valence-corrected chi connectivity index (χ1v) is 8.99. The molecule has 1 aromatic heterocycles. The summed E-state index contributed by atoms with van der Waals surface area (Å²) in [5.41, 5.74) is -0.833. The smallest absolute Gasteiger partial charge is 0.385 e. The molecule has 2 atom stereocenters. The van der Waals surface area contributed by atoms with Crippen LogP contribution in [0.4, 0.5) is 13.2 Å². The number of piperidine rings is 1. The maximum atomic E-state index is 13.0. The molecule has 0 saturated carbocycles. The molecule has 4 nitrogen and oxygen atoms in total. The van der Waals surface area contributed by atoms with Crippen LogP contribution in [0, 0.1) is 0 Å². The van der Waals surface area contributed by atoms with E-state index < -0.39 is 17.5 Å². The van der Waals surface area contributed by atoms with Crippen LogP contribution in [0.5, 0.6) is 0 Å². The van der Waals surface area contributed by atoms with Crippen LogP contribution in [0.3, 0.4) is 0 Å². The number of hydrogen-bond donors (Lipinski definition) is 1. The molecule has 144 valence electrons. The summed E-state index contributed by atoms with van der Waals surface area (Å²) in [5.74, 6) is 0. The van der Waals surface area contributed by atoms with Gasteiger partial charge in [-0.15, -0.1) is 0 Å². The van der Waals surface area contributed by atoms with E-state index in [0.717, 1.165) is 18.8 Å². The lowest BCUT2D eigenvalue weighted by molar-refractivity contribution is -0.151. The van der Waals surface area contributed by atoms with Crippen molar-refractivity contribution in [2.45, 2.75) is 43.2 Å². The molecule has 1 aromatic carbocycles. The highest BCUT2D eigenvalue weighted by atomic mass is 19.4. The minimum absolute atomic E-state index is 0.0507. The van der Waals surface area contributed by atoms with Crippen LogP contribution in [0.1, 0.15) is 29.7 Å². The Morgan fingerprint density at radius 2 is 1.78 bits per heavy atom. The largest absolute Gasteiger partial charge is 0.433 e. The van der Waals surface area contributed by atoms with Crippen LogP contribution in [-0.4, -0.2) is 40.3 Å². The third-order valence-corrected chi connectivity index (χ3v) is 5.50. The number of benzene rings is 1. The van der Waals surface area contributed by atoms with Crippen LogP contribution in [-0.2, 0) is 23.1 Å². The van der Waals surface area contributed by atoms with Crippen molar-refractivity contribution in [3.05, 3.63) is 65.5 Å². The maximum Gasteiger partial charge on any atom is 0.433 e. The zero-order chi connectivity index (χ0) is 19.1. The van der Waals surface area contributed by atoms with E-state index in [-0.39, 0.29) is 17.6 Å². The Bertz CT molecular complexity index is 783. The lowest BCUT2D eigenvalue weighted by Crippen LogP contribution is -2.60. The van der Waals surface area contributed by atoms with E-state index in [9.17, 15) is 18.3 Å². The molecular formula is C20H21F3N2O2. The fraction of sp³-hybridized carbons (Fsp3) is 0.450. The Morgan fingerprint density at radius 3 is 2.41 bits per heavy atom. The molecule has 27 heavy (non-hydrogen) atoms. The van der Waals surface area contributed by atoms with Gasteiger partial charge in [0.05, 0.1) is 18.8 Å². The number of aromatic nitrogens is 1. The van der Waals surface area contributed by atoms with E-state index in [0.29, 0.717) is 26.1 Å². The van der Waals surface area contributed by atoms with Crippen molar-refractivity contribution in [1.29, 1.82) is 0 Å². The normalized spacial score (nSPS) is 28.9. The lowest BCUT2D eigenvalue weighted by Gasteiger charge is -2.52. The number of pyridine rings is 1. The van der Waals surface area contributed by atoms with Crippen molar-refractivity contribution in [2.75, 3.05) is 13.2 Å². The molecule has 0 spiro atoms. The Morgan fingerprint density at radius 1 is 1.11 bits per heavy atom. The molecular weight excluding hydrogens is 357 g/mol. The molecule has 0 aliphatic carbocycles. The number of morpholine rings is 1. The number of aliphatic hydroxyl groups is 1. The van der Waals surface area contributed by atoms with Gasteiger partial charge in [-0.25, -0.2) is 0 Å². The summed E-state index contributed by atoms with van der Waals surface area (Å²) in [6.45, 7) is 1.66. The van der Waals surface area contributed by atoms with Crippen LogP contribution >= 0.6 is 0 Å². The van der Waals surface area contributed by atoms with Crippen molar-refractivity contribution >= 4 is 0 Å². The Hall–Kier alpha value is -1.96. The zero-order valence-corrected chi connectivity index (χ0v) is 14.7. The Labute approximate surface area is 155 Å². The number of hydrogen-bond acceptors (Lipinski definition) is 4. The summed E-state index contributed by atoms with van der Waals surface area (Å²) in [4.78, 5) is 5.71. The molecule has 2 aromatic rings. The predicted octanol–water partition coefficient (Wildman–Crippen LogP) is 3.35. The topological polar surface area (TPSA) is 45.6 Å². The predicted molar refractivity (Wildman–Crippen MR) is 92.7 cm³/mol. The second-order valence-electron chi connectivity index (χ2n) is 7.37. The summed E-state index contributed by atoms with van der Waals surface area (Å²) in [6, 6.07) is 12.4. The fourth-order valence-electron chi connectivity index (χ4n) is 4.21. The van der Waals surface area contributed by atoms with Gasteiger partial charge in [-0.05, 0) is 36.1 Å². The Kier molecular flexibility index (Phi) is 4.70. The molecule has 7 heteroatoms. The van der Waals surface area contributed by atoms with Crippen molar-refractivity contribution in [2.24, 2.45) is 0 Å². The van der Waals surface area contributed by atoms with Crippen molar-refractivity contribution in [1.82, 2.24) is 9.88 Å². The van der Waals surface area contributed by atoms with E-state index in [1.165, 1.54) is 11.6 Å². The monoisotopic (exact) mass is 378 g/mol. The minimum Gasteiger partial charge on any atom is -0.385 e. The van der Waals surface area contributed by atoms with Crippen LogP contribution in [0.25, 0.3) is 0 Å². The SMILES string of the molecule is OC1(c2ccnc(C(F)(F)F)c2)CC2COCC(C1)N2Cc1ccccc1. The first kappa shape index (κ1) is 18.4. The standard InChI is InChI=1S/C20H21F3N2O2/c21-20(22,23)18-8-15(6-7-24-18)19(26)9-16-12-27-13-17(10-19)25(16)11-14-4-2-1-3-5-14/h1-8,16-17,26H,9-13H2. The van der Waals surface area contributed by atoms with Crippen molar-refractivity contribution < 1.29 is 23.0 Å². The minimum atomic E-state index is -4.53. The molecule has 2 saturated heterocycles. The van der Waals surface area contributed by atoms with Gasteiger partial charge in [0.1, 0.15) is 5.69 Å². The highest BCUT2D eigenvalue weighted by Crippen LogP contribution is 2.42. The van der Waals surface area contributed by atoms with Crippen molar-refractivity contribution in [3.8, 4) is 0 Å². The van der Waals surface area contributed by atoms with Crippen LogP contribution in [0.15, 0.2) is 48.7 Å². The van der Waals surface area contributed by atoms with E-state index in [4.69, 9.17) is 4.74 Å². The number of ether oxygens (including phenoxy) is 1. The molecule has 4 rings (SSSR count). The van der Waals surface area contributed by atoms with Gasteiger partial charge in [-0.3, -0.25) is 9.88 Å². The zero-order valence-electron chi connectivity index (χ0n) is 14.7. The van der Waals surface area contributed by atoms with Gasteiger partial charge in [-0.2, -0.15) is 13.2 Å². The Balaban J connectivity index is 1.59. The first-order chi connectivity index (χ1) is 12.9. The van der Waals surface area contributed by atoms with E-state index in [1.807, 2.05) is 18.2 Å². The van der Waals surface area contributed by atoms with Gasteiger partial charge >= 0.3 is 6.18 Å². The number of nitrogens with zero attached hydrogens (tertiary/aromatic N) is 2. The summed E-state index contributed by atoms with van der Waals surface area (Å²) in [6.07, 6.45) is -2.74. The fourth-order valence-corrected chi connectivity index (χ4v) is 4.21. The number of fused-ring (bicyclic) bond motifs is 2. The highest BCUT2D eigenvalue weighted by molar-refractivity contribution is 5.27. The number of alkyl halides is 3. The molecule has 2 aliphatic rings. The molecule has 0 radical (unpaired) electrons. The van der Waals surface area contributed by atoms with Gasteiger partial charge in [0, 0.05) is 24.8 Å². The first-order valence-electron chi connectivity index (χ1n) is 8.99. The summed E-state index contributed by atoms with van der Waals surface area (Å²) < 4.78 is 44.7. The molecule has 1 N–H and O–H groups in total. The second-order valence-corrected chi connectivity index (χ2v) is 7.37. The second kappa shape index (κ2) is 6.89. The van der Waals surface area contributed by atoms with Gasteiger partial charge in [-0.1, -0.05) is 30.3 Å². The summed E-state index contributed by atoms with van der Waals surface area (Å²) >= 11 is 0. The third-order valence-electron chi connectivity index (χ3n) is 5.50. The maximum absolute atomic E-state index is 13.0. The lowest BCUT2D eigenvalue weighted by atomic mass is 9.76. The quantitative estimate of drug-likeness (QED) is 0.890. The average molecular weight is 378 g/mol. The summed E-state index contributed by atoms with van der Waals surface area (Å²) in [5, 5.41) is 11.2. The highest BCUT2D eigenvalue weighted by Gasteiger charge is 2.47. The molecule has 2 bridgehead atoms. The van der Waals surface area contributed by atoms with Crippen molar-refractivity contribution in [3.63, 3.8) is 0 Å². The molecule has 2 unspecified atom stereocenters. The number of rotatable bonds is 3. The van der Waals surface area contributed by atoms with E-state index in [1.54, 1.807) is 0 Å². The van der Waals surface area contributed by atoms with Gasteiger partial charge in [0.15, 0.2) is 0 Å². The molecule has 0 amide bonds. The van der Waals surface area contributed by atoms with Gasteiger partial charge in [0.25, 0.3) is 0 Å². The van der Waals surface area contributed by atoms with E-state index >= 15 is 0 Å². The number of halogens is 3. The van der Waals surface area contributed by atoms with Crippen LogP contribution < -0.4 is 0 Å². The molecule has 2 fully saturated rings. The molecule has 2 aliphatic heterocycles. The van der Waals surface area contributed by atoms with Gasteiger partial charge in [0.2, 0.25) is 0 Å². The molecule has 3 heterocycles.